The molecule has 0 radical (unpaired) electrons. The minimum atomic E-state index is 0.871. The van der Waals surface area contributed by atoms with Gasteiger partial charge in [-0.25, -0.2) is 4.98 Å². The molecule has 0 atom stereocenters. The molecule has 0 aliphatic rings. The van der Waals surface area contributed by atoms with Gasteiger partial charge < -0.3 is 4.57 Å². The first-order valence-electron chi connectivity index (χ1n) is 20.1. The second-order valence-electron chi connectivity index (χ2n) is 15.4. The van der Waals surface area contributed by atoms with Crippen molar-refractivity contribution in [2.75, 3.05) is 0 Å². The monoisotopic (exact) mass is 749 g/mol. The fraction of sp³-hybridized carbons (Fsp3) is 0. The Hall–Kier alpha value is -7.88. The Morgan fingerprint density at radius 1 is 0.305 bits per heavy atom. The van der Waals surface area contributed by atoms with Gasteiger partial charge in [0.05, 0.1) is 39.6 Å². The molecule has 0 fully saturated rings. The lowest BCUT2D eigenvalue weighted by Crippen LogP contribution is -1.95. The maximum atomic E-state index is 5.18. The number of hydrogen-bond acceptors (Lipinski definition) is 2. The van der Waals surface area contributed by atoms with Gasteiger partial charge in [-0.1, -0.05) is 182 Å². The van der Waals surface area contributed by atoms with E-state index in [0.29, 0.717) is 0 Å². The Bertz CT molecular complexity index is 3540. The van der Waals surface area contributed by atoms with Crippen LogP contribution in [-0.4, -0.2) is 14.5 Å². The van der Waals surface area contributed by atoms with Crippen LogP contribution in [0.4, 0.5) is 0 Å². The average molecular weight is 750 g/mol. The Labute approximate surface area is 341 Å². The van der Waals surface area contributed by atoms with E-state index in [9.17, 15) is 0 Å². The molecule has 0 amide bonds. The zero-order valence-corrected chi connectivity index (χ0v) is 32.0. The third kappa shape index (κ3) is 5.44. The van der Waals surface area contributed by atoms with Crippen molar-refractivity contribution in [2.45, 2.75) is 0 Å². The average Bonchev–Trinajstić information content (AvgIpc) is 3.65. The second-order valence-corrected chi connectivity index (χ2v) is 15.4. The van der Waals surface area contributed by atoms with E-state index in [2.05, 4.69) is 211 Å². The summed E-state index contributed by atoms with van der Waals surface area (Å²) < 4.78 is 2.42. The molecule has 0 bridgehead atoms. The van der Waals surface area contributed by atoms with E-state index in [-0.39, 0.29) is 0 Å². The molecule has 0 N–H and O–H groups in total. The van der Waals surface area contributed by atoms with Crippen LogP contribution in [-0.2, 0) is 0 Å². The predicted octanol–water partition coefficient (Wildman–Crippen LogP) is 14.9. The first-order chi connectivity index (χ1) is 29.2. The van der Waals surface area contributed by atoms with Crippen LogP contribution in [0.1, 0.15) is 0 Å². The predicted molar refractivity (Wildman–Crippen MR) is 248 cm³/mol. The summed E-state index contributed by atoms with van der Waals surface area (Å²) in [4.78, 5) is 10.1. The van der Waals surface area contributed by atoms with E-state index in [1.165, 1.54) is 76.9 Å². The topological polar surface area (TPSA) is 30.7 Å². The van der Waals surface area contributed by atoms with Gasteiger partial charge in [-0.3, -0.25) is 4.98 Å². The van der Waals surface area contributed by atoms with Crippen LogP contribution in [0, 0.1) is 0 Å². The number of rotatable bonds is 5. The summed E-state index contributed by atoms with van der Waals surface area (Å²) in [5.41, 5.74) is 14.6. The van der Waals surface area contributed by atoms with Crippen molar-refractivity contribution < 1.29 is 0 Å². The molecule has 0 spiro atoms. The number of benzene rings is 10. The van der Waals surface area contributed by atoms with Crippen LogP contribution >= 0.6 is 0 Å². The zero-order valence-electron chi connectivity index (χ0n) is 32.0. The lowest BCUT2D eigenvalue weighted by atomic mass is 9.97. The van der Waals surface area contributed by atoms with E-state index in [4.69, 9.17) is 9.97 Å². The Morgan fingerprint density at radius 3 is 1.41 bits per heavy atom. The van der Waals surface area contributed by atoms with E-state index in [0.717, 1.165) is 38.6 Å². The zero-order chi connectivity index (χ0) is 38.9. The molecule has 3 heteroatoms. The molecule has 59 heavy (non-hydrogen) atoms. The van der Waals surface area contributed by atoms with Crippen molar-refractivity contribution in [2.24, 2.45) is 0 Å². The minimum absolute atomic E-state index is 0.871. The van der Waals surface area contributed by atoms with Gasteiger partial charge in [0.25, 0.3) is 0 Å². The van der Waals surface area contributed by atoms with Gasteiger partial charge in [0, 0.05) is 32.5 Å². The first kappa shape index (κ1) is 33.3. The normalized spacial score (nSPS) is 11.7. The summed E-state index contributed by atoms with van der Waals surface area (Å²) in [5, 5.41) is 9.67. The highest BCUT2D eigenvalue weighted by Gasteiger charge is 2.16. The summed E-state index contributed by atoms with van der Waals surface area (Å²) in [6.45, 7) is 0. The van der Waals surface area contributed by atoms with Crippen molar-refractivity contribution in [1.82, 2.24) is 14.5 Å². The molecule has 10 aromatic carbocycles. The fourth-order valence-corrected chi connectivity index (χ4v) is 9.12. The number of fused-ring (bicyclic) bond motifs is 10. The highest BCUT2D eigenvalue weighted by molar-refractivity contribution is 6.23. The molecule has 0 unspecified atom stereocenters. The standard InChI is InChI=1S/C56H35N3/c1-2-12-44-41(10-1)11-9-19-52(44)59-53-18-8-7-15-47(53)50-34-43(32-33-54(50)59)40-26-24-38(25-27-40)36-20-22-37(23-21-36)39-28-30-42(31-29-39)51-35-57-55-48-16-5-3-13-45(48)46-14-4-6-17-49(46)56(55)58-51/h1-35H. The quantitative estimate of drug-likeness (QED) is 0.164. The third-order valence-corrected chi connectivity index (χ3v) is 12.1. The molecular formula is C56H35N3. The first-order valence-corrected chi connectivity index (χ1v) is 20.1. The number of para-hydroxylation sites is 1. The summed E-state index contributed by atoms with van der Waals surface area (Å²) in [7, 11) is 0. The van der Waals surface area contributed by atoms with Crippen LogP contribution in [0.15, 0.2) is 212 Å². The molecule has 0 aliphatic carbocycles. The number of nitrogens with zero attached hydrogens (tertiary/aromatic N) is 3. The Balaban J connectivity index is 0.819. The van der Waals surface area contributed by atoms with Crippen LogP contribution in [0.2, 0.25) is 0 Å². The van der Waals surface area contributed by atoms with E-state index in [1.807, 2.05) is 6.20 Å². The molecule has 0 aliphatic heterocycles. The van der Waals surface area contributed by atoms with E-state index < -0.39 is 0 Å². The maximum Gasteiger partial charge on any atom is 0.0979 e. The van der Waals surface area contributed by atoms with Crippen molar-refractivity contribution in [1.29, 1.82) is 0 Å². The highest BCUT2D eigenvalue weighted by atomic mass is 15.0. The molecule has 2 heterocycles. The lowest BCUT2D eigenvalue weighted by molar-refractivity contribution is 1.20. The largest absolute Gasteiger partial charge is 0.309 e. The maximum absolute atomic E-state index is 5.18. The van der Waals surface area contributed by atoms with Crippen molar-refractivity contribution in [3.05, 3.63) is 212 Å². The second kappa shape index (κ2) is 13.4. The van der Waals surface area contributed by atoms with Crippen LogP contribution in [0.3, 0.4) is 0 Å². The Morgan fingerprint density at radius 2 is 0.763 bits per heavy atom. The molecular weight excluding hydrogens is 715 g/mol. The molecule has 0 saturated heterocycles. The lowest BCUT2D eigenvalue weighted by Gasteiger charge is -2.12. The van der Waals surface area contributed by atoms with Crippen LogP contribution < -0.4 is 0 Å². The van der Waals surface area contributed by atoms with Gasteiger partial charge in [0.15, 0.2) is 0 Å². The van der Waals surface area contributed by atoms with Gasteiger partial charge in [-0.2, -0.15) is 0 Å². The molecule has 274 valence electrons. The summed E-state index contributed by atoms with van der Waals surface area (Å²) in [6, 6.07) is 74.3. The molecule has 12 aromatic rings. The molecule has 2 aromatic heterocycles. The number of aromatic nitrogens is 3. The molecule has 3 nitrogen and oxygen atoms in total. The highest BCUT2D eigenvalue weighted by Crippen LogP contribution is 2.38. The summed E-state index contributed by atoms with van der Waals surface area (Å²) in [6.07, 6.45) is 1.91. The molecule has 0 saturated carbocycles. The van der Waals surface area contributed by atoms with Crippen LogP contribution in [0.25, 0.3) is 115 Å². The Kier molecular flexibility index (Phi) is 7.54. The van der Waals surface area contributed by atoms with Gasteiger partial charge in [0.2, 0.25) is 0 Å². The summed E-state index contributed by atoms with van der Waals surface area (Å²) >= 11 is 0. The SMILES string of the molecule is c1ccc2c(-n3c4ccccc4c4cc(-c5ccc(-c6ccc(-c7ccc(-c8cnc9c%10ccccc%10c%10ccccc%10c9n8)cc7)cc6)cc5)ccc43)cccc2c1. The molecule has 12 rings (SSSR count). The fourth-order valence-electron chi connectivity index (χ4n) is 9.12. The smallest absolute Gasteiger partial charge is 0.0979 e. The van der Waals surface area contributed by atoms with Gasteiger partial charge in [-0.05, 0) is 73.8 Å². The van der Waals surface area contributed by atoms with Gasteiger partial charge in [0.1, 0.15) is 0 Å². The minimum Gasteiger partial charge on any atom is -0.309 e. The van der Waals surface area contributed by atoms with Crippen molar-refractivity contribution >= 4 is 65.2 Å². The van der Waals surface area contributed by atoms with E-state index in [1.54, 1.807) is 0 Å². The van der Waals surface area contributed by atoms with Gasteiger partial charge in [-0.15, -0.1) is 0 Å². The summed E-state index contributed by atoms with van der Waals surface area (Å²) in [5.74, 6) is 0. The third-order valence-electron chi connectivity index (χ3n) is 12.1. The van der Waals surface area contributed by atoms with Crippen molar-refractivity contribution in [3.8, 4) is 50.3 Å². The van der Waals surface area contributed by atoms with Crippen molar-refractivity contribution in [3.63, 3.8) is 0 Å². The van der Waals surface area contributed by atoms with E-state index >= 15 is 0 Å². The van der Waals surface area contributed by atoms with Gasteiger partial charge >= 0.3 is 0 Å². The van der Waals surface area contributed by atoms with Crippen LogP contribution in [0.5, 0.6) is 0 Å². The number of hydrogen-bond donors (Lipinski definition) is 0.